The van der Waals surface area contributed by atoms with E-state index in [2.05, 4.69) is 13.8 Å². The summed E-state index contributed by atoms with van der Waals surface area (Å²) >= 11 is 0. The predicted octanol–water partition coefficient (Wildman–Crippen LogP) is 5.40. The summed E-state index contributed by atoms with van der Waals surface area (Å²) in [5.41, 5.74) is 0.531. The molecule has 0 bridgehead atoms. The van der Waals surface area contributed by atoms with E-state index in [1.165, 1.54) is 32.1 Å². The number of carbonyl (C=O) groups is 3. The van der Waals surface area contributed by atoms with Gasteiger partial charge in [-0.1, -0.05) is 13.8 Å². The molecule has 0 unspecified atom stereocenters. The van der Waals surface area contributed by atoms with Crippen molar-refractivity contribution in [3.8, 4) is 0 Å². The number of esters is 1. The molecule has 5 heteroatoms. The minimum absolute atomic E-state index is 0.00520. The molecule has 0 radical (unpaired) electrons. The van der Waals surface area contributed by atoms with E-state index in [0.29, 0.717) is 29.5 Å². The van der Waals surface area contributed by atoms with Crippen LogP contribution in [0.3, 0.4) is 0 Å². The molecule has 0 aliphatic heterocycles. The van der Waals surface area contributed by atoms with Crippen LogP contribution < -0.4 is 0 Å². The second-order valence-corrected chi connectivity index (χ2v) is 11.6. The number of hydrogen-bond acceptors (Lipinski definition) is 4. The number of ketones is 1. The van der Waals surface area contributed by atoms with Gasteiger partial charge < -0.3 is 9.84 Å². The molecule has 8 atom stereocenters. The zero-order valence-electron chi connectivity index (χ0n) is 19.5. The molecule has 0 saturated heterocycles. The summed E-state index contributed by atoms with van der Waals surface area (Å²) in [6.07, 6.45) is 10.8. The summed E-state index contributed by atoms with van der Waals surface area (Å²) in [6.45, 7) is 6.70. The minimum Gasteiger partial charge on any atom is -0.481 e. The van der Waals surface area contributed by atoms with Gasteiger partial charge in [-0.3, -0.25) is 14.4 Å². The third-order valence-electron chi connectivity index (χ3n) is 10.2. The molecule has 174 valence electrons. The molecule has 31 heavy (non-hydrogen) atoms. The summed E-state index contributed by atoms with van der Waals surface area (Å²) in [7, 11) is 0. The lowest BCUT2D eigenvalue weighted by Crippen LogP contribution is -2.54. The Kier molecular flexibility index (Phi) is 6.26. The summed E-state index contributed by atoms with van der Waals surface area (Å²) in [5, 5.41) is 8.75. The number of hydrogen-bond donors (Lipinski definition) is 1. The Labute approximate surface area is 186 Å². The van der Waals surface area contributed by atoms with Gasteiger partial charge in [-0.2, -0.15) is 0 Å². The van der Waals surface area contributed by atoms with Gasteiger partial charge in [-0.05, 0) is 106 Å². The molecule has 0 heterocycles. The van der Waals surface area contributed by atoms with Gasteiger partial charge in [0.25, 0.3) is 0 Å². The van der Waals surface area contributed by atoms with Gasteiger partial charge in [0.1, 0.15) is 11.9 Å². The molecule has 4 aliphatic rings. The van der Waals surface area contributed by atoms with E-state index in [9.17, 15) is 14.4 Å². The lowest BCUT2D eigenvalue weighted by Gasteiger charge is -2.61. The van der Waals surface area contributed by atoms with E-state index in [-0.39, 0.29) is 36.2 Å². The van der Waals surface area contributed by atoms with Crippen molar-refractivity contribution in [2.75, 3.05) is 0 Å². The van der Waals surface area contributed by atoms with Crippen molar-refractivity contribution in [3.05, 3.63) is 0 Å². The van der Waals surface area contributed by atoms with Gasteiger partial charge in [-0.25, -0.2) is 0 Å². The third-order valence-corrected chi connectivity index (χ3v) is 10.2. The maximum atomic E-state index is 12.3. The van der Waals surface area contributed by atoms with Crippen LogP contribution in [-0.4, -0.2) is 28.9 Å². The highest BCUT2D eigenvalue weighted by Gasteiger charge is 2.60. The molecule has 0 aromatic rings. The maximum absolute atomic E-state index is 12.3. The number of carboxylic acids is 1. The van der Waals surface area contributed by atoms with Crippen molar-refractivity contribution in [2.24, 2.45) is 40.4 Å². The second-order valence-electron chi connectivity index (χ2n) is 11.6. The molecule has 4 fully saturated rings. The van der Waals surface area contributed by atoms with Crippen LogP contribution in [0.5, 0.6) is 0 Å². The number of carboxylic acid groups (broad SMARTS) is 1. The van der Waals surface area contributed by atoms with Gasteiger partial charge in [0.2, 0.25) is 0 Å². The molecule has 1 N–H and O–H groups in total. The first kappa shape index (κ1) is 22.8. The first-order chi connectivity index (χ1) is 14.6. The Balaban J connectivity index is 1.38. The highest BCUT2D eigenvalue weighted by molar-refractivity contribution is 5.79. The molecular formula is C26H40O5. The topological polar surface area (TPSA) is 80.7 Å². The molecule has 0 spiro atoms. The normalized spacial score (nSPS) is 44.0. The summed E-state index contributed by atoms with van der Waals surface area (Å²) in [6, 6.07) is 0. The highest BCUT2D eigenvalue weighted by atomic mass is 16.5. The van der Waals surface area contributed by atoms with E-state index < -0.39 is 5.97 Å². The number of rotatable bonds is 6. The zero-order valence-corrected chi connectivity index (χ0v) is 19.5. The molecule has 4 rings (SSSR count). The quantitative estimate of drug-likeness (QED) is 0.568. The Hall–Kier alpha value is -1.39. The van der Waals surface area contributed by atoms with Crippen LogP contribution in [0.1, 0.15) is 97.8 Å². The van der Waals surface area contributed by atoms with Crippen molar-refractivity contribution in [1.82, 2.24) is 0 Å². The fourth-order valence-corrected chi connectivity index (χ4v) is 8.62. The van der Waals surface area contributed by atoms with Crippen LogP contribution in [0, 0.1) is 40.4 Å². The number of Topliss-reactive ketones (excluding diaryl/α,β-unsaturated/α-hetero) is 1. The van der Waals surface area contributed by atoms with Crippen molar-refractivity contribution in [1.29, 1.82) is 0 Å². The number of carbonyl (C=O) groups excluding carboxylic acids is 2. The van der Waals surface area contributed by atoms with Gasteiger partial charge in [0.05, 0.1) is 0 Å². The van der Waals surface area contributed by atoms with E-state index in [4.69, 9.17) is 9.84 Å². The number of ether oxygens (including phenoxy) is 1. The maximum Gasteiger partial charge on any atom is 0.306 e. The SMILES string of the molecule is CC(=O)[C@H]1CC[C@H]2[C@@H]3CC[C@@H]4C[C@H](OC(=O)CCCC(=O)O)CC[C@]4(C)[C@H]3CC[C@]12C. The van der Waals surface area contributed by atoms with Crippen LogP contribution in [-0.2, 0) is 19.1 Å². The first-order valence-corrected chi connectivity index (χ1v) is 12.6. The van der Waals surface area contributed by atoms with E-state index in [0.717, 1.165) is 37.5 Å². The van der Waals surface area contributed by atoms with Gasteiger partial charge in [0, 0.05) is 18.8 Å². The lowest BCUT2D eigenvalue weighted by atomic mass is 9.44. The van der Waals surface area contributed by atoms with Crippen LogP contribution in [0.25, 0.3) is 0 Å². The average molecular weight is 433 g/mol. The smallest absolute Gasteiger partial charge is 0.306 e. The zero-order chi connectivity index (χ0) is 22.4. The molecule has 0 amide bonds. The molecule has 0 aromatic heterocycles. The third kappa shape index (κ3) is 4.06. The van der Waals surface area contributed by atoms with Crippen LogP contribution >= 0.6 is 0 Å². The minimum atomic E-state index is -0.863. The fraction of sp³-hybridized carbons (Fsp3) is 0.885. The summed E-state index contributed by atoms with van der Waals surface area (Å²) in [5.74, 6) is 2.35. The van der Waals surface area contributed by atoms with Crippen molar-refractivity contribution in [3.63, 3.8) is 0 Å². The predicted molar refractivity (Wildman–Crippen MR) is 117 cm³/mol. The van der Waals surface area contributed by atoms with E-state index >= 15 is 0 Å². The Morgan fingerprint density at radius 2 is 1.61 bits per heavy atom. The number of aliphatic carboxylic acids is 1. The van der Waals surface area contributed by atoms with Gasteiger partial charge in [-0.15, -0.1) is 0 Å². The Bertz CT molecular complexity index is 731. The van der Waals surface area contributed by atoms with Gasteiger partial charge in [0.15, 0.2) is 0 Å². The molecule has 0 aromatic carbocycles. The average Bonchev–Trinajstić information content (AvgIpc) is 3.05. The molecule has 4 saturated carbocycles. The van der Waals surface area contributed by atoms with Crippen LogP contribution in [0.15, 0.2) is 0 Å². The first-order valence-electron chi connectivity index (χ1n) is 12.6. The van der Waals surface area contributed by atoms with E-state index in [1.54, 1.807) is 6.92 Å². The summed E-state index contributed by atoms with van der Waals surface area (Å²) < 4.78 is 5.76. The van der Waals surface area contributed by atoms with Crippen molar-refractivity contribution in [2.45, 2.75) is 104 Å². The van der Waals surface area contributed by atoms with Gasteiger partial charge >= 0.3 is 11.9 Å². The van der Waals surface area contributed by atoms with Crippen molar-refractivity contribution < 1.29 is 24.2 Å². The Morgan fingerprint density at radius 3 is 2.32 bits per heavy atom. The van der Waals surface area contributed by atoms with Crippen LogP contribution in [0.4, 0.5) is 0 Å². The van der Waals surface area contributed by atoms with Crippen LogP contribution in [0.2, 0.25) is 0 Å². The van der Waals surface area contributed by atoms with E-state index in [1.807, 2.05) is 0 Å². The second kappa shape index (κ2) is 8.51. The molecule has 5 nitrogen and oxygen atoms in total. The number of fused-ring (bicyclic) bond motifs is 5. The largest absolute Gasteiger partial charge is 0.481 e. The van der Waals surface area contributed by atoms with Crippen molar-refractivity contribution >= 4 is 17.7 Å². The lowest BCUT2D eigenvalue weighted by molar-refractivity contribution is -0.163. The highest BCUT2D eigenvalue weighted by Crippen LogP contribution is 2.67. The monoisotopic (exact) mass is 432 g/mol. The molecular weight excluding hydrogens is 392 g/mol. The standard InChI is InChI=1S/C26H40O5/c1-16(27)20-9-10-21-19-8-7-17-15-18(31-24(30)6-4-5-23(28)29)11-13-25(17,2)22(19)12-14-26(20,21)3/h17-22H,4-15H2,1-3H3,(H,28,29)/t17-,18-,19+,20-,21+,22+,25+,26-/m1/s1. The summed E-state index contributed by atoms with van der Waals surface area (Å²) in [4.78, 5) is 35.1. The Morgan fingerprint density at radius 1 is 0.903 bits per heavy atom. The fourth-order valence-electron chi connectivity index (χ4n) is 8.62. The molecule has 4 aliphatic carbocycles.